The van der Waals surface area contributed by atoms with Crippen molar-refractivity contribution >= 4 is 56.3 Å². The van der Waals surface area contributed by atoms with Gasteiger partial charge in [0.25, 0.3) is 0 Å². The van der Waals surface area contributed by atoms with E-state index in [0.29, 0.717) is 17.5 Å². The van der Waals surface area contributed by atoms with E-state index in [1.54, 1.807) is 0 Å². The fourth-order valence-corrected chi connectivity index (χ4v) is 6.60. The normalized spacial score (nSPS) is 12.5. The maximum Gasteiger partial charge on any atom is 0.164 e. The number of rotatable bonds is 4. The van der Waals surface area contributed by atoms with Gasteiger partial charge in [0.15, 0.2) is 17.5 Å². The van der Waals surface area contributed by atoms with Gasteiger partial charge in [0.1, 0.15) is 0 Å². The molecule has 0 aliphatic carbocycles. The lowest BCUT2D eigenvalue weighted by Crippen LogP contribution is -2.23. The maximum atomic E-state index is 6.56. The van der Waals surface area contributed by atoms with E-state index >= 15 is 0 Å². The van der Waals surface area contributed by atoms with Crippen LogP contribution in [0.4, 0.5) is 0 Å². The van der Waals surface area contributed by atoms with Gasteiger partial charge in [0.05, 0.1) is 16.7 Å². The van der Waals surface area contributed by atoms with Gasteiger partial charge >= 0.3 is 0 Å². The monoisotopic (exact) mass is 612 g/mol. The molecule has 220 valence electrons. The van der Waals surface area contributed by atoms with Crippen molar-refractivity contribution in [3.63, 3.8) is 0 Å². The molecule has 0 unspecified atom stereocenters. The summed E-state index contributed by atoms with van der Waals surface area (Å²) in [6.45, 7) is 4.17. The molecule has 8 rings (SSSR count). The second-order valence-electron chi connectivity index (χ2n) is 11.3. The van der Waals surface area contributed by atoms with Crippen LogP contribution in [0, 0.1) is 0 Å². The molecule has 4 nitrogen and oxygen atoms in total. The Morgan fingerprint density at radius 3 is 1.72 bits per heavy atom. The molecule has 0 saturated heterocycles. The molecule has 6 aromatic carbocycles. The summed E-state index contributed by atoms with van der Waals surface area (Å²) < 4.78 is 2.36. The van der Waals surface area contributed by atoms with Gasteiger partial charge in [-0.05, 0) is 72.1 Å². The Morgan fingerprint density at radius 1 is 0.500 bits per heavy atom. The third-order valence-electron chi connectivity index (χ3n) is 8.64. The zero-order valence-electron chi connectivity index (χ0n) is 25.4. The highest BCUT2D eigenvalue weighted by atomic mass is 35.5. The van der Waals surface area contributed by atoms with Gasteiger partial charge in [0.2, 0.25) is 0 Å². The molecular weight excluding hydrogens is 584 g/mol. The molecule has 0 spiro atoms. The van der Waals surface area contributed by atoms with Crippen molar-refractivity contribution in [3.05, 3.63) is 143 Å². The van der Waals surface area contributed by atoms with Crippen molar-refractivity contribution in [2.45, 2.75) is 13.8 Å². The Hall–Kier alpha value is -5.58. The van der Waals surface area contributed by atoms with Crippen molar-refractivity contribution in [3.8, 4) is 39.9 Å². The Labute approximate surface area is 271 Å². The molecule has 5 heteroatoms. The number of fused-ring (bicyclic) bond motifs is 4. The first kappa shape index (κ1) is 27.9. The summed E-state index contributed by atoms with van der Waals surface area (Å²) >= 11 is 6.56. The van der Waals surface area contributed by atoms with E-state index in [-0.39, 0.29) is 0 Å². The lowest BCUT2D eigenvalue weighted by Gasteiger charge is -2.15. The molecule has 0 bridgehead atoms. The Morgan fingerprint density at radius 2 is 1.07 bits per heavy atom. The van der Waals surface area contributed by atoms with E-state index in [4.69, 9.17) is 26.6 Å². The molecule has 2 heterocycles. The van der Waals surface area contributed by atoms with Gasteiger partial charge in [-0.1, -0.05) is 109 Å². The largest absolute Gasteiger partial charge is 0.309 e. The van der Waals surface area contributed by atoms with Crippen molar-refractivity contribution in [2.24, 2.45) is 0 Å². The first-order valence-electron chi connectivity index (χ1n) is 15.4. The van der Waals surface area contributed by atoms with Crippen LogP contribution in [0.5, 0.6) is 0 Å². The fraction of sp³-hybridized carbons (Fsp3) is 0.0488. The first-order valence-corrected chi connectivity index (χ1v) is 15.8. The minimum absolute atomic E-state index is 0.635. The van der Waals surface area contributed by atoms with Gasteiger partial charge < -0.3 is 4.57 Å². The summed E-state index contributed by atoms with van der Waals surface area (Å²) in [5, 5.41) is 7.57. The van der Waals surface area contributed by atoms with Crippen molar-refractivity contribution < 1.29 is 0 Å². The van der Waals surface area contributed by atoms with E-state index in [2.05, 4.69) is 91.2 Å². The van der Waals surface area contributed by atoms with E-state index in [0.717, 1.165) is 54.6 Å². The molecule has 0 saturated carbocycles. The van der Waals surface area contributed by atoms with Crippen LogP contribution >= 0.6 is 11.6 Å². The van der Waals surface area contributed by atoms with Gasteiger partial charge in [-0.3, -0.25) is 0 Å². The van der Waals surface area contributed by atoms with Crippen molar-refractivity contribution in [2.75, 3.05) is 0 Å². The Kier molecular flexibility index (Phi) is 6.93. The van der Waals surface area contributed by atoms with Crippen LogP contribution in [0.15, 0.2) is 127 Å². The number of aromatic nitrogens is 4. The SMILES string of the molecule is C/C=c1/cc2c3cc(Cl)ccc3n(-c3ccc(-c4nc(-c5ccccc5)nc(-c5ccccc5)n4)c4ccccc34)c2c/c1=C/C. The van der Waals surface area contributed by atoms with Crippen LogP contribution in [0.25, 0.3) is 84.6 Å². The number of halogens is 1. The summed E-state index contributed by atoms with van der Waals surface area (Å²) in [4.78, 5) is 15.0. The molecule has 46 heavy (non-hydrogen) atoms. The summed E-state index contributed by atoms with van der Waals surface area (Å²) in [6, 6.07) is 43.7. The number of benzene rings is 6. The van der Waals surface area contributed by atoms with Crippen LogP contribution in [0.2, 0.25) is 5.02 Å². The summed E-state index contributed by atoms with van der Waals surface area (Å²) in [6.07, 6.45) is 4.33. The molecule has 2 aromatic heterocycles. The standard InChI is InChI=1S/C41H29ClN4/c1-3-26-23-34-35-25-30(42)19-21-37(35)46(38(34)24-27(26)4-2)36-22-20-33(31-17-11-12-18-32(31)36)41-44-39(28-13-7-5-8-14-28)43-40(45-41)29-15-9-6-10-16-29/h3-25H,1-2H3/b26-3-,27-4-. The van der Waals surface area contributed by atoms with Gasteiger partial charge in [0, 0.05) is 37.9 Å². The quantitative estimate of drug-likeness (QED) is 0.199. The number of nitrogens with zero attached hydrogens (tertiary/aromatic N) is 4. The summed E-state index contributed by atoms with van der Waals surface area (Å²) in [7, 11) is 0. The zero-order valence-corrected chi connectivity index (χ0v) is 26.2. The second-order valence-corrected chi connectivity index (χ2v) is 11.7. The van der Waals surface area contributed by atoms with Crippen molar-refractivity contribution in [1.29, 1.82) is 0 Å². The van der Waals surface area contributed by atoms with E-state index < -0.39 is 0 Å². The van der Waals surface area contributed by atoms with E-state index in [1.807, 2.05) is 66.7 Å². The summed E-state index contributed by atoms with van der Waals surface area (Å²) in [5.74, 6) is 1.92. The molecule has 0 aliphatic rings. The molecule has 8 aromatic rings. The maximum absolute atomic E-state index is 6.56. The smallest absolute Gasteiger partial charge is 0.164 e. The predicted octanol–water partition coefficient (Wildman–Crippen LogP) is 9.38. The van der Waals surface area contributed by atoms with Crippen LogP contribution in [0.1, 0.15) is 13.8 Å². The molecule has 0 fully saturated rings. The zero-order chi connectivity index (χ0) is 31.2. The molecule has 0 N–H and O–H groups in total. The van der Waals surface area contributed by atoms with Crippen LogP contribution in [-0.2, 0) is 0 Å². The predicted molar refractivity (Wildman–Crippen MR) is 193 cm³/mol. The number of hydrogen-bond donors (Lipinski definition) is 0. The van der Waals surface area contributed by atoms with Gasteiger partial charge in [-0.2, -0.15) is 0 Å². The van der Waals surface area contributed by atoms with Crippen LogP contribution < -0.4 is 10.4 Å². The third kappa shape index (κ3) is 4.66. The van der Waals surface area contributed by atoms with E-state index in [9.17, 15) is 0 Å². The van der Waals surface area contributed by atoms with Gasteiger partial charge in [-0.25, -0.2) is 15.0 Å². The first-order chi connectivity index (χ1) is 22.6. The third-order valence-corrected chi connectivity index (χ3v) is 8.87. The lowest BCUT2D eigenvalue weighted by atomic mass is 10.0. The van der Waals surface area contributed by atoms with Crippen LogP contribution in [0.3, 0.4) is 0 Å². The lowest BCUT2D eigenvalue weighted by molar-refractivity contribution is 1.08. The minimum Gasteiger partial charge on any atom is -0.309 e. The highest BCUT2D eigenvalue weighted by Gasteiger charge is 2.19. The highest BCUT2D eigenvalue weighted by Crippen LogP contribution is 2.38. The van der Waals surface area contributed by atoms with Crippen LogP contribution in [-0.4, -0.2) is 19.5 Å². The minimum atomic E-state index is 0.635. The molecule has 0 radical (unpaired) electrons. The van der Waals surface area contributed by atoms with E-state index in [1.165, 1.54) is 15.8 Å². The second kappa shape index (κ2) is 11.4. The average molecular weight is 613 g/mol. The summed E-state index contributed by atoms with van der Waals surface area (Å²) in [5.41, 5.74) is 6.15. The molecular formula is C41H29ClN4. The molecule has 0 aliphatic heterocycles. The highest BCUT2D eigenvalue weighted by molar-refractivity contribution is 6.32. The Bertz CT molecular complexity index is 2500. The van der Waals surface area contributed by atoms with Crippen molar-refractivity contribution in [1.82, 2.24) is 19.5 Å². The number of hydrogen-bond acceptors (Lipinski definition) is 3. The Balaban J connectivity index is 1.42. The van der Waals surface area contributed by atoms with Gasteiger partial charge in [-0.15, -0.1) is 0 Å². The fourth-order valence-electron chi connectivity index (χ4n) is 6.43. The molecule has 0 atom stereocenters. The molecule has 0 amide bonds. The topological polar surface area (TPSA) is 43.6 Å². The average Bonchev–Trinajstić information content (AvgIpc) is 3.43.